The quantitative estimate of drug-likeness (QED) is 0.747. The molecule has 7 nitrogen and oxygen atoms in total. The minimum atomic E-state index is -1.20. The van der Waals surface area contributed by atoms with E-state index in [2.05, 4.69) is 27.7 Å². The molecule has 0 spiro atoms. The van der Waals surface area contributed by atoms with Crippen LogP contribution >= 0.6 is 0 Å². The molecular weight excluding hydrogens is 380 g/mol. The standard InChI is InChI=1S/C23H26N4O3/c28-20(27-15-7-14-26(16-17-27)19-10-5-2-6-11-19)12-13-23(18-8-3-1-4-9-18)21(29)24-22(30)25-23/h1-6,8-11H,7,12-17H2,(H2,24,25,29,30). The van der Waals surface area contributed by atoms with Crippen LogP contribution in [0.25, 0.3) is 0 Å². The summed E-state index contributed by atoms with van der Waals surface area (Å²) in [5, 5.41) is 5.08. The third-order valence-corrected chi connectivity index (χ3v) is 5.89. The van der Waals surface area contributed by atoms with Crippen molar-refractivity contribution in [1.82, 2.24) is 15.5 Å². The lowest BCUT2D eigenvalue weighted by Gasteiger charge is -2.28. The first kappa shape index (κ1) is 19.9. The highest BCUT2D eigenvalue weighted by atomic mass is 16.2. The van der Waals surface area contributed by atoms with Gasteiger partial charge in [0.25, 0.3) is 5.91 Å². The molecular formula is C23H26N4O3. The largest absolute Gasteiger partial charge is 0.370 e. The van der Waals surface area contributed by atoms with Gasteiger partial charge in [-0.15, -0.1) is 0 Å². The first-order chi connectivity index (χ1) is 14.6. The summed E-state index contributed by atoms with van der Waals surface area (Å²) >= 11 is 0. The molecule has 0 bridgehead atoms. The zero-order valence-corrected chi connectivity index (χ0v) is 16.8. The summed E-state index contributed by atoms with van der Waals surface area (Å²) in [5.41, 5.74) is 0.656. The highest BCUT2D eigenvalue weighted by Crippen LogP contribution is 2.30. The average molecular weight is 406 g/mol. The Bertz CT molecular complexity index is 919. The maximum absolute atomic E-state index is 13.0. The van der Waals surface area contributed by atoms with Gasteiger partial charge in [-0.2, -0.15) is 0 Å². The third kappa shape index (κ3) is 4.01. The van der Waals surface area contributed by atoms with E-state index in [1.54, 1.807) is 12.1 Å². The van der Waals surface area contributed by atoms with Crippen molar-refractivity contribution in [2.45, 2.75) is 24.8 Å². The fourth-order valence-corrected chi connectivity index (χ4v) is 4.25. The van der Waals surface area contributed by atoms with Crippen molar-refractivity contribution >= 4 is 23.5 Å². The van der Waals surface area contributed by atoms with Crippen LogP contribution in [0.15, 0.2) is 60.7 Å². The van der Waals surface area contributed by atoms with Crippen LogP contribution in [-0.4, -0.2) is 48.9 Å². The Morgan fingerprint density at radius 3 is 2.27 bits per heavy atom. The van der Waals surface area contributed by atoms with E-state index in [1.807, 2.05) is 41.3 Å². The predicted molar refractivity (Wildman–Crippen MR) is 114 cm³/mol. The van der Waals surface area contributed by atoms with Crippen molar-refractivity contribution in [1.29, 1.82) is 0 Å². The van der Waals surface area contributed by atoms with Gasteiger partial charge in [0, 0.05) is 38.3 Å². The Kier molecular flexibility index (Phi) is 5.70. The van der Waals surface area contributed by atoms with Crippen LogP contribution in [0.5, 0.6) is 0 Å². The van der Waals surface area contributed by atoms with E-state index in [0.29, 0.717) is 18.7 Å². The molecule has 0 aliphatic carbocycles. The molecule has 2 fully saturated rings. The Balaban J connectivity index is 1.42. The third-order valence-electron chi connectivity index (χ3n) is 5.89. The van der Waals surface area contributed by atoms with Gasteiger partial charge in [-0.1, -0.05) is 48.5 Å². The number of nitrogens with one attached hydrogen (secondary N) is 2. The smallest absolute Gasteiger partial charge is 0.322 e. The van der Waals surface area contributed by atoms with Crippen molar-refractivity contribution in [3.8, 4) is 0 Å². The summed E-state index contributed by atoms with van der Waals surface area (Å²) in [6.07, 6.45) is 1.31. The molecule has 1 unspecified atom stereocenters. The Morgan fingerprint density at radius 2 is 1.60 bits per heavy atom. The Morgan fingerprint density at radius 1 is 0.900 bits per heavy atom. The van der Waals surface area contributed by atoms with Gasteiger partial charge in [0.1, 0.15) is 5.54 Å². The van der Waals surface area contributed by atoms with Crippen LogP contribution in [0.1, 0.15) is 24.8 Å². The van der Waals surface area contributed by atoms with Crippen molar-refractivity contribution in [2.24, 2.45) is 0 Å². The zero-order chi connectivity index (χ0) is 21.0. The molecule has 0 aromatic heterocycles. The fraction of sp³-hybridized carbons (Fsp3) is 0.348. The van der Waals surface area contributed by atoms with Gasteiger partial charge in [0.05, 0.1) is 0 Å². The lowest BCUT2D eigenvalue weighted by molar-refractivity contribution is -0.132. The molecule has 2 heterocycles. The molecule has 156 valence electrons. The number of hydrogen-bond acceptors (Lipinski definition) is 4. The molecule has 4 amide bonds. The monoisotopic (exact) mass is 406 g/mol. The number of benzene rings is 2. The molecule has 0 saturated carbocycles. The lowest BCUT2D eigenvalue weighted by Crippen LogP contribution is -2.45. The molecule has 1 atom stereocenters. The lowest BCUT2D eigenvalue weighted by atomic mass is 9.85. The summed E-state index contributed by atoms with van der Waals surface area (Å²) in [6, 6.07) is 18.8. The van der Waals surface area contributed by atoms with Gasteiger partial charge in [-0.25, -0.2) is 4.79 Å². The topological polar surface area (TPSA) is 81.8 Å². The van der Waals surface area contributed by atoms with Crippen LogP contribution in [0.3, 0.4) is 0 Å². The molecule has 2 saturated heterocycles. The van der Waals surface area contributed by atoms with E-state index in [1.165, 1.54) is 5.69 Å². The van der Waals surface area contributed by atoms with Gasteiger partial charge in [0.15, 0.2) is 0 Å². The van der Waals surface area contributed by atoms with Crippen LogP contribution in [0, 0.1) is 0 Å². The van der Waals surface area contributed by atoms with E-state index >= 15 is 0 Å². The number of carbonyl (C=O) groups excluding carboxylic acids is 3. The Hall–Kier alpha value is -3.35. The van der Waals surface area contributed by atoms with E-state index < -0.39 is 17.5 Å². The van der Waals surface area contributed by atoms with Crippen LogP contribution in [0.2, 0.25) is 0 Å². The van der Waals surface area contributed by atoms with Crippen molar-refractivity contribution in [3.05, 3.63) is 66.2 Å². The first-order valence-electron chi connectivity index (χ1n) is 10.4. The van der Waals surface area contributed by atoms with Crippen molar-refractivity contribution in [3.63, 3.8) is 0 Å². The van der Waals surface area contributed by atoms with Crippen LogP contribution < -0.4 is 15.5 Å². The van der Waals surface area contributed by atoms with Crippen LogP contribution in [0.4, 0.5) is 10.5 Å². The molecule has 2 aliphatic heterocycles. The number of anilines is 1. The number of rotatable bonds is 5. The van der Waals surface area contributed by atoms with Gasteiger partial charge < -0.3 is 15.1 Å². The zero-order valence-electron chi connectivity index (χ0n) is 16.8. The second-order valence-electron chi connectivity index (χ2n) is 7.74. The number of urea groups is 1. The number of hydrogen-bond donors (Lipinski definition) is 2. The summed E-state index contributed by atoms with van der Waals surface area (Å²) in [7, 11) is 0. The molecule has 0 radical (unpaired) electrons. The highest BCUT2D eigenvalue weighted by molar-refractivity contribution is 6.07. The number of para-hydroxylation sites is 1. The summed E-state index contributed by atoms with van der Waals surface area (Å²) in [6.45, 7) is 3.01. The van der Waals surface area contributed by atoms with Gasteiger partial charge >= 0.3 is 6.03 Å². The minimum Gasteiger partial charge on any atom is -0.370 e. The summed E-state index contributed by atoms with van der Waals surface area (Å²) in [4.78, 5) is 41.6. The molecule has 2 N–H and O–H groups in total. The second kappa shape index (κ2) is 8.57. The number of nitrogens with zero attached hydrogens (tertiary/aromatic N) is 2. The second-order valence-corrected chi connectivity index (χ2v) is 7.74. The van der Waals surface area contributed by atoms with Crippen molar-refractivity contribution < 1.29 is 14.4 Å². The first-order valence-corrected chi connectivity index (χ1v) is 10.4. The predicted octanol–water partition coefficient (Wildman–Crippen LogP) is 2.24. The van der Waals surface area contributed by atoms with Gasteiger partial charge in [-0.05, 0) is 30.5 Å². The highest BCUT2D eigenvalue weighted by Gasteiger charge is 2.47. The van der Waals surface area contributed by atoms with Crippen molar-refractivity contribution in [2.75, 3.05) is 31.1 Å². The molecule has 4 rings (SSSR count). The number of amides is 4. The number of imide groups is 1. The van der Waals surface area contributed by atoms with E-state index in [4.69, 9.17) is 0 Å². The summed E-state index contributed by atoms with van der Waals surface area (Å²) in [5.74, 6) is -0.396. The SMILES string of the molecule is O=C1NC(=O)C(CCC(=O)N2CCCN(c3ccccc3)CC2)(c2ccccc2)N1. The van der Waals surface area contributed by atoms with Crippen LogP contribution in [-0.2, 0) is 15.1 Å². The molecule has 2 aromatic rings. The molecule has 30 heavy (non-hydrogen) atoms. The number of carbonyl (C=O) groups is 3. The maximum Gasteiger partial charge on any atom is 0.322 e. The summed E-state index contributed by atoms with van der Waals surface area (Å²) < 4.78 is 0. The van der Waals surface area contributed by atoms with E-state index in [0.717, 1.165) is 19.5 Å². The van der Waals surface area contributed by atoms with Gasteiger partial charge in [-0.3, -0.25) is 14.9 Å². The van der Waals surface area contributed by atoms with E-state index in [9.17, 15) is 14.4 Å². The Labute approximate surface area is 176 Å². The molecule has 2 aromatic carbocycles. The fourth-order valence-electron chi connectivity index (χ4n) is 4.25. The van der Waals surface area contributed by atoms with Gasteiger partial charge in [0.2, 0.25) is 5.91 Å². The minimum absolute atomic E-state index is 0.00849. The molecule has 7 heteroatoms. The average Bonchev–Trinajstić information content (AvgIpc) is 2.94. The normalized spacial score (nSPS) is 21.7. The molecule has 2 aliphatic rings. The van der Waals surface area contributed by atoms with E-state index in [-0.39, 0.29) is 18.7 Å². The maximum atomic E-state index is 13.0.